The predicted octanol–water partition coefficient (Wildman–Crippen LogP) is 2.37. The number of nitrogens with zero attached hydrogens (tertiary/aromatic N) is 2. The summed E-state index contributed by atoms with van der Waals surface area (Å²) in [4.78, 5) is 17.0. The van der Waals surface area contributed by atoms with E-state index in [1.165, 1.54) is 25.0 Å². The molecule has 1 aliphatic carbocycles. The number of allylic oxidation sites excluding steroid dienone is 2. The fraction of sp³-hybridized carbons (Fsp3) is 0.824. The lowest BCUT2D eigenvalue weighted by molar-refractivity contribution is -0.130. The molecular weight excluding hydrogens is 262 g/mol. The molecule has 120 valence electrons. The van der Waals surface area contributed by atoms with Gasteiger partial charge in [-0.1, -0.05) is 13.0 Å². The van der Waals surface area contributed by atoms with Gasteiger partial charge in [0.1, 0.15) is 0 Å². The van der Waals surface area contributed by atoms with Crippen LogP contribution in [0, 0.1) is 0 Å². The van der Waals surface area contributed by atoms with Gasteiger partial charge in [-0.05, 0) is 58.5 Å². The zero-order valence-corrected chi connectivity index (χ0v) is 13.7. The molecule has 0 radical (unpaired) electrons. The second-order valence-electron chi connectivity index (χ2n) is 6.25. The molecule has 1 heterocycles. The van der Waals surface area contributed by atoms with E-state index in [-0.39, 0.29) is 5.91 Å². The molecule has 0 saturated carbocycles. The summed E-state index contributed by atoms with van der Waals surface area (Å²) in [5, 5.41) is 3.54. The highest BCUT2D eigenvalue weighted by molar-refractivity contribution is 5.80. The van der Waals surface area contributed by atoms with E-state index >= 15 is 0 Å². The Morgan fingerprint density at radius 1 is 1.38 bits per heavy atom. The number of amides is 1. The predicted molar refractivity (Wildman–Crippen MR) is 87.1 cm³/mol. The molecule has 0 aromatic carbocycles. The van der Waals surface area contributed by atoms with Gasteiger partial charge in [0, 0.05) is 24.8 Å². The average molecular weight is 293 g/mol. The molecular formula is C17H31N3O. The van der Waals surface area contributed by atoms with Crippen molar-refractivity contribution < 1.29 is 4.79 Å². The summed E-state index contributed by atoms with van der Waals surface area (Å²) in [5.41, 5.74) is 1.25. The summed E-state index contributed by atoms with van der Waals surface area (Å²) < 4.78 is 0. The molecule has 21 heavy (non-hydrogen) atoms. The molecule has 2 rings (SSSR count). The quantitative estimate of drug-likeness (QED) is 0.746. The summed E-state index contributed by atoms with van der Waals surface area (Å²) in [5.74, 6) is 0.275. The van der Waals surface area contributed by atoms with Crippen LogP contribution in [-0.2, 0) is 4.79 Å². The molecule has 0 spiro atoms. The van der Waals surface area contributed by atoms with Crippen molar-refractivity contribution in [2.45, 2.75) is 58.4 Å². The Hall–Kier alpha value is -0.870. The van der Waals surface area contributed by atoms with Crippen molar-refractivity contribution in [1.29, 1.82) is 0 Å². The second kappa shape index (κ2) is 8.54. The lowest BCUT2D eigenvalue weighted by Gasteiger charge is -2.29. The first-order valence-corrected chi connectivity index (χ1v) is 8.69. The van der Waals surface area contributed by atoms with E-state index in [0.717, 1.165) is 45.4 Å². The minimum absolute atomic E-state index is 0.275. The van der Waals surface area contributed by atoms with Crippen LogP contribution in [0.3, 0.4) is 0 Å². The van der Waals surface area contributed by atoms with Crippen LogP contribution in [0.2, 0.25) is 0 Å². The van der Waals surface area contributed by atoms with Gasteiger partial charge in [-0.3, -0.25) is 9.69 Å². The highest BCUT2D eigenvalue weighted by atomic mass is 16.2. The molecule has 0 aromatic rings. The fourth-order valence-electron chi connectivity index (χ4n) is 3.49. The first-order chi connectivity index (χ1) is 10.2. The Labute approximate surface area is 129 Å². The number of likely N-dealkylation sites (N-methyl/N-ethyl adjacent to an activating group) is 1. The Morgan fingerprint density at radius 3 is 2.81 bits per heavy atom. The first-order valence-electron chi connectivity index (χ1n) is 8.69. The molecule has 0 bridgehead atoms. The van der Waals surface area contributed by atoms with E-state index in [1.54, 1.807) is 0 Å². The maximum atomic E-state index is 12.6. The lowest BCUT2D eigenvalue weighted by atomic mass is 10.2. The average Bonchev–Trinajstić information content (AvgIpc) is 3.13. The Morgan fingerprint density at radius 2 is 2.24 bits per heavy atom. The third-order valence-corrected chi connectivity index (χ3v) is 4.52. The van der Waals surface area contributed by atoms with Gasteiger partial charge in [-0.15, -0.1) is 0 Å². The number of carbonyl (C=O) groups is 1. The van der Waals surface area contributed by atoms with Crippen LogP contribution in [0.4, 0.5) is 0 Å². The number of hydrogen-bond acceptors (Lipinski definition) is 3. The van der Waals surface area contributed by atoms with Gasteiger partial charge >= 0.3 is 0 Å². The Kier molecular flexibility index (Phi) is 6.71. The van der Waals surface area contributed by atoms with Crippen LogP contribution in [0.15, 0.2) is 11.8 Å². The number of nitrogens with one attached hydrogen (secondary N) is 1. The topological polar surface area (TPSA) is 35.6 Å². The summed E-state index contributed by atoms with van der Waals surface area (Å²) >= 11 is 0. The Bertz CT molecular complexity index is 361. The highest BCUT2D eigenvalue weighted by Crippen LogP contribution is 2.21. The normalized spacial score (nSPS) is 21.9. The highest BCUT2D eigenvalue weighted by Gasteiger charge is 2.23. The molecule has 1 amide bonds. The maximum Gasteiger partial charge on any atom is 0.240 e. The third kappa shape index (κ3) is 4.82. The van der Waals surface area contributed by atoms with Crippen molar-refractivity contribution >= 4 is 5.91 Å². The molecule has 1 aliphatic heterocycles. The first kappa shape index (κ1) is 16.5. The number of rotatable bonds is 8. The van der Waals surface area contributed by atoms with Gasteiger partial charge in [-0.2, -0.15) is 0 Å². The minimum Gasteiger partial charge on any atom is -0.316 e. The molecule has 4 nitrogen and oxygen atoms in total. The standard InChI is InChI=1S/C17H31N3O/c1-3-12-19(13-15-8-7-11-18-15)14-17(21)20(4-2)16-9-5-6-10-16/h9,15,18H,3-8,10-14H2,1-2H3. The second-order valence-corrected chi connectivity index (χ2v) is 6.25. The molecule has 1 atom stereocenters. The van der Waals surface area contributed by atoms with E-state index < -0.39 is 0 Å². The van der Waals surface area contributed by atoms with Crippen molar-refractivity contribution in [2.24, 2.45) is 0 Å². The molecule has 1 saturated heterocycles. The van der Waals surface area contributed by atoms with Crippen LogP contribution < -0.4 is 5.32 Å². The van der Waals surface area contributed by atoms with Crippen LogP contribution in [0.5, 0.6) is 0 Å². The third-order valence-electron chi connectivity index (χ3n) is 4.52. The molecule has 0 aromatic heterocycles. The monoisotopic (exact) mass is 293 g/mol. The summed E-state index contributed by atoms with van der Waals surface area (Å²) in [6, 6.07) is 0.574. The van der Waals surface area contributed by atoms with Gasteiger partial charge < -0.3 is 10.2 Å². The molecule has 1 unspecified atom stereocenters. The smallest absolute Gasteiger partial charge is 0.240 e. The van der Waals surface area contributed by atoms with Crippen molar-refractivity contribution in [3.8, 4) is 0 Å². The van der Waals surface area contributed by atoms with Gasteiger partial charge in [0.2, 0.25) is 5.91 Å². The van der Waals surface area contributed by atoms with E-state index in [9.17, 15) is 4.79 Å². The van der Waals surface area contributed by atoms with Crippen LogP contribution >= 0.6 is 0 Å². The van der Waals surface area contributed by atoms with Crippen molar-refractivity contribution in [3.63, 3.8) is 0 Å². The summed E-state index contributed by atoms with van der Waals surface area (Å²) in [6.45, 7) is 8.79. The summed E-state index contributed by atoms with van der Waals surface area (Å²) in [6.07, 6.45) is 9.26. The SMILES string of the molecule is CCCN(CC(=O)N(CC)C1=CCCC1)CC1CCCN1. The zero-order valence-electron chi connectivity index (χ0n) is 13.7. The molecule has 1 fully saturated rings. The number of hydrogen-bond donors (Lipinski definition) is 1. The number of carbonyl (C=O) groups excluding carboxylic acids is 1. The van der Waals surface area contributed by atoms with E-state index in [2.05, 4.69) is 30.1 Å². The minimum atomic E-state index is 0.275. The van der Waals surface area contributed by atoms with E-state index in [0.29, 0.717) is 12.6 Å². The molecule has 1 N–H and O–H groups in total. The van der Waals surface area contributed by atoms with E-state index in [4.69, 9.17) is 0 Å². The largest absolute Gasteiger partial charge is 0.316 e. The van der Waals surface area contributed by atoms with Crippen LogP contribution in [0.25, 0.3) is 0 Å². The van der Waals surface area contributed by atoms with Crippen LogP contribution in [0.1, 0.15) is 52.4 Å². The van der Waals surface area contributed by atoms with Crippen molar-refractivity contribution in [3.05, 3.63) is 11.8 Å². The van der Waals surface area contributed by atoms with Crippen molar-refractivity contribution in [2.75, 3.05) is 32.7 Å². The van der Waals surface area contributed by atoms with Crippen molar-refractivity contribution in [1.82, 2.24) is 15.1 Å². The fourth-order valence-corrected chi connectivity index (χ4v) is 3.49. The summed E-state index contributed by atoms with van der Waals surface area (Å²) in [7, 11) is 0. The zero-order chi connectivity index (χ0) is 15.1. The maximum absolute atomic E-state index is 12.6. The molecule has 2 aliphatic rings. The Balaban J connectivity index is 1.89. The van der Waals surface area contributed by atoms with Crippen LogP contribution in [-0.4, -0.2) is 54.5 Å². The molecule has 4 heteroatoms. The van der Waals surface area contributed by atoms with Gasteiger partial charge in [0.05, 0.1) is 6.54 Å². The van der Waals surface area contributed by atoms with Gasteiger partial charge in [0.25, 0.3) is 0 Å². The lowest BCUT2D eigenvalue weighted by Crippen LogP contribution is -2.44. The van der Waals surface area contributed by atoms with Gasteiger partial charge in [0.15, 0.2) is 0 Å². The van der Waals surface area contributed by atoms with E-state index in [1.807, 2.05) is 4.90 Å². The van der Waals surface area contributed by atoms with Gasteiger partial charge in [-0.25, -0.2) is 0 Å².